The van der Waals surface area contributed by atoms with Crippen LogP contribution in [0.5, 0.6) is 0 Å². The first-order chi connectivity index (χ1) is 17.2. The molecule has 0 spiro atoms. The van der Waals surface area contributed by atoms with Gasteiger partial charge in [0.25, 0.3) is 11.8 Å². The van der Waals surface area contributed by atoms with E-state index in [4.69, 9.17) is 4.98 Å². The van der Waals surface area contributed by atoms with E-state index in [1.807, 2.05) is 24.5 Å². The van der Waals surface area contributed by atoms with Crippen molar-refractivity contribution in [2.45, 2.75) is 50.6 Å². The molecule has 2 unspecified atom stereocenters. The lowest BCUT2D eigenvalue weighted by Gasteiger charge is -2.39. The Hall–Kier alpha value is -3.58. The van der Waals surface area contributed by atoms with Gasteiger partial charge in [-0.1, -0.05) is 24.3 Å². The van der Waals surface area contributed by atoms with Crippen molar-refractivity contribution in [2.24, 2.45) is 0 Å². The molecule has 5 rings (SSSR count). The van der Waals surface area contributed by atoms with Gasteiger partial charge in [-0.15, -0.1) is 6.58 Å². The molecule has 1 N–H and O–H groups in total. The molecule has 2 aliphatic rings. The number of imidazole rings is 1. The van der Waals surface area contributed by atoms with Crippen LogP contribution in [0.1, 0.15) is 82.0 Å². The summed E-state index contributed by atoms with van der Waals surface area (Å²) in [6.07, 6.45) is 13.0. The van der Waals surface area contributed by atoms with Crippen LogP contribution in [0.3, 0.4) is 0 Å². The van der Waals surface area contributed by atoms with E-state index >= 15 is 0 Å². The van der Waals surface area contributed by atoms with Crippen LogP contribution >= 0.6 is 0 Å². The number of rotatable bonds is 10. The van der Waals surface area contributed by atoms with Crippen LogP contribution in [0.4, 0.5) is 0 Å². The number of pyridine rings is 1. The fourth-order valence-electron chi connectivity index (χ4n) is 5.46. The number of hydrogen-bond acceptors (Lipinski definition) is 5. The number of fused-ring (bicyclic) bond motifs is 2. The van der Waals surface area contributed by atoms with Crippen molar-refractivity contribution < 1.29 is 9.59 Å². The predicted octanol–water partition coefficient (Wildman–Crippen LogP) is 4.88. The van der Waals surface area contributed by atoms with Crippen molar-refractivity contribution in [1.82, 2.24) is 24.8 Å². The SMILES string of the molecule is C=CCC(c1ncc[nH]1)N(CCCCN1C(=O)c2ccccc2C1=O)C1CCCc2cccnc21. The van der Waals surface area contributed by atoms with E-state index in [-0.39, 0.29) is 23.9 Å². The van der Waals surface area contributed by atoms with Gasteiger partial charge in [-0.05, 0) is 68.8 Å². The Kier molecular flexibility index (Phi) is 6.86. The van der Waals surface area contributed by atoms with Gasteiger partial charge in [0.15, 0.2) is 0 Å². The van der Waals surface area contributed by atoms with Gasteiger partial charge in [0, 0.05) is 25.1 Å². The molecule has 3 heterocycles. The van der Waals surface area contributed by atoms with Crippen LogP contribution in [0.15, 0.2) is 67.6 Å². The molecular weight excluding hydrogens is 438 g/mol. The van der Waals surface area contributed by atoms with Crippen molar-refractivity contribution in [3.05, 3.63) is 95.9 Å². The molecule has 0 radical (unpaired) electrons. The van der Waals surface area contributed by atoms with Crippen LogP contribution in [-0.2, 0) is 6.42 Å². The second-order valence-electron chi connectivity index (χ2n) is 9.22. The third kappa shape index (κ3) is 4.56. The van der Waals surface area contributed by atoms with Gasteiger partial charge >= 0.3 is 0 Å². The smallest absolute Gasteiger partial charge is 0.261 e. The van der Waals surface area contributed by atoms with Gasteiger partial charge < -0.3 is 4.98 Å². The molecule has 1 aromatic carbocycles. The summed E-state index contributed by atoms with van der Waals surface area (Å²) in [7, 11) is 0. The predicted molar refractivity (Wildman–Crippen MR) is 134 cm³/mol. The largest absolute Gasteiger partial charge is 0.347 e. The molecule has 2 aromatic heterocycles. The molecule has 0 bridgehead atoms. The molecule has 1 aliphatic carbocycles. The number of imide groups is 1. The molecule has 180 valence electrons. The minimum Gasteiger partial charge on any atom is -0.347 e. The Balaban J connectivity index is 1.32. The molecule has 2 amide bonds. The molecule has 35 heavy (non-hydrogen) atoms. The second-order valence-corrected chi connectivity index (χ2v) is 9.22. The summed E-state index contributed by atoms with van der Waals surface area (Å²) in [4.78, 5) is 42.0. The van der Waals surface area contributed by atoms with Crippen LogP contribution in [0, 0.1) is 0 Å². The molecule has 2 atom stereocenters. The Morgan fingerprint density at radius 1 is 1.09 bits per heavy atom. The zero-order valence-corrected chi connectivity index (χ0v) is 19.9. The highest BCUT2D eigenvalue weighted by Gasteiger charge is 2.35. The van der Waals surface area contributed by atoms with Gasteiger partial charge in [-0.2, -0.15) is 0 Å². The number of carbonyl (C=O) groups excluding carboxylic acids is 2. The molecule has 1 aliphatic heterocycles. The maximum Gasteiger partial charge on any atom is 0.261 e. The maximum atomic E-state index is 12.7. The molecule has 7 nitrogen and oxygen atoms in total. The fraction of sp³-hybridized carbons (Fsp3) is 0.357. The van der Waals surface area contributed by atoms with Crippen molar-refractivity contribution in [2.75, 3.05) is 13.1 Å². The Morgan fingerprint density at radius 2 is 1.89 bits per heavy atom. The van der Waals surface area contributed by atoms with Gasteiger partial charge in [0.1, 0.15) is 5.82 Å². The standard InChI is InChI=1S/C28H31N5O2/c1-2-9-24(26-30-16-17-31-26)32(23-14-7-10-20-11-8-15-29-25(20)23)18-5-6-19-33-27(34)21-12-3-4-13-22(21)28(33)35/h2-4,8,11-13,15-17,23-24H,1,5-7,9-10,14,18-19H2,(H,30,31). The Labute approximate surface area is 205 Å². The van der Waals surface area contributed by atoms with Crippen molar-refractivity contribution in [3.8, 4) is 0 Å². The van der Waals surface area contributed by atoms with E-state index in [1.165, 1.54) is 10.5 Å². The summed E-state index contributed by atoms with van der Waals surface area (Å²) in [6, 6.07) is 11.5. The first-order valence-corrected chi connectivity index (χ1v) is 12.4. The lowest BCUT2D eigenvalue weighted by atomic mass is 9.89. The van der Waals surface area contributed by atoms with Crippen LogP contribution in [0.25, 0.3) is 0 Å². The normalized spacial score (nSPS) is 18.0. The first-order valence-electron chi connectivity index (χ1n) is 12.4. The van der Waals surface area contributed by atoms with E-state index in [0.29, 0.717) is 17.7 Å². The number of carbonyl (C=O) groups is 2. The highest BCUT2D eigenvalue weighted by atomic mass is 16.2. The lowest BCUT2D eigenvalue weighted by molar-refractivity contribution is 0.0644. The van der Waals surface area contributed by atoms with E-state index in [9.17, 15) is 9.59 Å². The molecule has 3 aromatic rings. The fourth-order valence-corrected chi connectivity index (χ4v) is 5.46. The number of amides is 2. The first kappa shape index (κ1) is 23.2. The Morgan fingerprint density at radius 3 is 2.60 bits per heavy atom. The van der Waals surface area contributed by atoms with E-state index in [2.05, 4.69) is 27.5 Å². The summed E-state index contributed by atoms with van der Waals surface area (Å²) < 4.78 is 0. The number of aryl methyl sites for hydroxylation is 1. The zero-order valence-electron chi connectivity index (χ0n) is 19.9. The molecule has 0 saturated carbocycles. The summed E-state index contributed by atoms with van der Waals surface area (Å²) in [5, 5.41) is 0. The second kappa shape index (κ2) is 10.4. The molecule has 7 heteroatoms. The number of aromatic amines is 1. The van der Waals surface area contributed by atoms with Gasteiger partial charge in [-0.25, -0.2) is 4.98 Å². The average molecular weight is 470 g/mol. The maximum absolute atomic E-state index is 12.7. The highest BCUT2D eigenvalue weighted by molar-refractivity contribution is 6.21. The average Bonchev–Trinajstić information content (AvgIpc) is 3.51. The molecular formula is C28H31N5O2. The summed E-state index contributed by atoms with van der Waals surface area (Å²) in [5.41, 5.74) is 3.48. The third-order valence-electron chi connectivity index (χ3n) is 7.12. The Bertz CT molecular complexity index is 1170. The number of unbranched alkanes of at least 4 members (excludes halogenated alkanes) is 1. The minimum atomic E-state index is -0.187. The third-order valence-corrected chi connectivity index (χ3v) is 7.12. The van der Waals surface area contributed by atoms with E-state index in [1.54, 1.807) is 30.5 Å². The molecule has 0 fully saturated rings. The monoisotopic (exact) mass is 469 g/mol. The minimum absolute atomic E-state index is 0.0553. The van der Waals surface area contributed by atoms with Gasteiger partial charge in [0.2, 0.25) is 0 Å². The quantitative estimate of drug-likeness (QED) is 0.260. The van der Waals surface area contributed by atoms with Crippen molar-refractivity contribution >= 4 is 11.8 Å². The highest BCUT2D eigenvalue weighted by Crippen LogP contribution is 2.38. The number of nitrogens with one attached hydrogen (secondary N) is 1. The zero-order chi connectivity index (χ0) is 24.2. The van der Waals surface area contributed by atoms with Crippen LogP contribution < -0.4 is 0 Å². The number of nitrogens with zero attached hydrogens (tertiary/aromatic N) is 4. The summed E-state index contributed by atoms with van der Waals surface area (Å²) >= 11 is 0. The van der Waals surface area contributed by atoms with Crippen molar-refractivity contribution in [3.63, 3.8) is 0 Å². The van der Waals surface area contributed by atoms with E-state index < -0.39 is 0 Å². The van der Waals surface area contributed by atoms with Gasteiger partial charge in [-0.3, -0.25) is 24.4 Å². The summed E-state index contributed by atoms with van der Waals surface area (Å²) in [6.45, 7) is 5.23. The lowest BCUT2D eigenvalue weighted by Crippen LogP contribution is -2.37. The summed E-state index contributed by atoms with van der Waals surface area (Å²) in [5.74, 6) is 0.550. The topological polar surface area (TPSA) is 82.2 Å². The van der Waals surface area contributed by atoms with Crippen molar-refractivity contribution in [1.29, 1.82) is 0 Å². The van der Waals surface area contributed by atoms with Gasteiger partial charge in [0.05, 0.1) is 28.9 Å². The number of hydrogen-bond donors (Lipinski definition) is 1. The van der Waals surface area contributed by atoms with E-state index in [0.717, 1.165) is 56.6 Å². The number of H-pyrrole nitrogens is 1. The molecule has 0 saturated heterocycles. The number of benzene rings is 1. The number of aromatic nitrogens is 3. The van der Waals surface area contributed by atoms with Crippen LogP contribution in [-0.4, -0.2) is 49.7 Å². The van der Waals surface area contributed by atoms with Crippen LogP contribution in [0.2, 0.25) is 0 Å².